The van der Waals surface area contributed by atoms with Crippen molar-refractivity contribution in [2.75, 3.05) is 19.0 Å². The Hall–Kier alpha value is -2.56. The summed E-state index contributed by atoms with van der Waals surface area (Å²) in [7, 11) is 1.65. The maximum absolute atomic E-state index is 6.52. The summed E-state index contributed by atoms with van der Waals surface area (Å²) < 4.78 is 16.9. The van der Waals surface area contributed by atoms with E-state index in [0.717, 1.165) is 22.6 Å². The van der Waals surface area contributed by atoms with Gasteiger partial charge >= 0.3 is 0 Å². The van der Waals surface area contributed by atoms with E-state index in [2.05, 4.69) is 5.32 Å². The standard InChI is InChI=1S/C23H23Cl2NO3/c1-3-28-22-13-16(14-26-18-8-10-19(27-2)11-9-18)12-21(25)23(22)29-15-17-6-4-5-7-20(17)24/h4-13,26H,3,14-15H2,1-2H3. The number of hydrogen-bond acceptors (Lipinski definition) is 4. The van der Waals surface area contributed by atoms with Gasteiger partial charge in [0.25, 0.3) is 0 Å². The molecule has 29 heavy (non-hydrogen) atoms. The average Bonchev–Trinajstić information content (AvgIpc) is 2.73. The van der Waals surface area contributed by atoms with Gasteiger partial charge in [-0.2, -0.15) is 0 Å². The SMILES string of the molecule is CCOc1cc(CNc2ccc(OC)cc2)cc(Cl)c1OCc1ccccc1Cl. The van der Waals surface area contributed by atoms with Crippen LogP contribution >= 0.6 is 23.2 Å². The lowest BCUT2D eigenvalue weighted by atomic mass is 10.2. The minimum atomic E-state index is 0.308. The smallest absolute Gasteiger partial charge is 0.180 e. The van der Waals surface area contributed by atoms with Gasteiger partial charge in [0.2, 0.25) is 0 Å². The van der Waals surface area contributed by atoms with Crippen molar-refractivity contribution in [3.8, 4) is 17.2 Å². The van der Waals surface area contributed by atoms with Crippen molar-refractivity contribution in [1.82, 2.24) is 0 Å². The molecule has 0 aliphatic carbocycles. The first kappa shape index (κ1) is 21.2. The van der Waals surface area contributed by atoms with Crippen LogP contribution < -0.4 is 19.5 Å². The van der Waals surface area contributed by atoms with E-state index in [4.69, 9.17) is 37.4 Å². The summed E-state index contributed by atoms with van der Waals surface area (Å²) in [6.07, 6.45) is 0. The highest BCUT2D eigenvalue weighted by atomic mass is 35.5. The lowest BCUT2D eigenvalue weighted by Gasteiger charge is -2.16. The van der Waals surface area contributed by atoms with E-state index in [1.807, 2.05) is 67.6 Å². The van der Waals surface area contributed by atoms with Gasteiger partial charge in [0.1, 0.15) is 12.4 Å². The molecule has 0 saturated carbocycles. The second kappa shape index (κ2) is 10.3. The van der Waals surface area contributed by atoms with Crippen molar-refractivity contribution < 1.29 is 14.2 Å². The Balaban J connectivity index is 1.73. The first-order valence-electron chi connectivity index (χ1n) is 9.30. The molecule has 152 valence electrons. The number of nitrogens with one attached hydrogen (secondary N) is 1. The van der Waals surface area contributed by atoms with Gasteiger partial charge < -0.3 is 19.5 Å². The number of anilines is 1. The summed E-state index contributed by atoms with van der Waals surface area (Å²) in [5.41, 5.74) is 2.86. The van der Waals surface area contributed by atoms with Gasteiger partial charge in [-0.15, -0.1) is 0 Å². The van der Waals surface area contributed by atoms with Gasteiger partial charge in [0.15, 0.2) is 11.5 Å². The van der Waals surface area contributed by atoms with E-state index < -0.39 is 0 Å². The van der Waals surface area contributed by atoms with E-state index >= 15 is 0 Å². The maximum atomic E-state index is 6.52. The summed E-state index contributed by atoms with van der Waals surface area (Å²) in [6.45, 7) is 3.34. The normalized spacial score (nSPS) is 10.5. The van der Waals surface area contributed by atoms with E-state index in [1.54, 1.807) is 7.11 Å². The van der Waals surface area contributed by atoms with Crippen LogP contribution in [-0.2, 0) is 13.2 Å². The minimum absolute atomic E-state index is 0.308. The van der Waals surface area contributed by atoms with Gasteiger partial charge in [-0.3, -0.25) is 0 Å². The van der Waals surface area contributed by atoms with Crippen molar-refractivity contribution in [3.05, 3.63) is 81.8 Å². The lowest BCUT2D eigenvalue weighted by molar-refractivity contribution is 0.269. The van der Waals surface area contributed by atoms with E-state index in [1.165, 1.54) is 0 Å². The Morgan fingerprint density at radius 2 is 1.66 bits per heavy atom. The molecule has 0 heterocycles. The first-order valence-corrected chi connectivity index (χ1v) is 10.1. The van der Waals surface area contributed by atoms with Crippen molar-refractivity contribution in [2.45, 2.75) is 20.1 Å². The van der Waals surface area contributed by atoms with Crippen molar-refractivity contribution in [3.63, 3.8) is 0 Å². The molecule has 3 aromatic rings. The van der Waals surface area contributed by atoms with Crippen LogP contribution in [0.3, 0.4) is 0 Å². The highest BCUT2D eigenvalue weighted by molar-refractivity contribution is 6.32. The quantitative estimate of drug-likeness (QED) is 0.414. The van der Waals surface area contributed by atoms with Gasteiger partial charge in [-0.05, 0) is 55.0 Å². The molecule has 0 aliphatic heterocycles. The van der Waals surface area contributed by atoms with Crippen molar-refractivity contribution in [2.24, 2.45) is 0 Å². The molecular weight excluding hydrogens is 409 g/mol. The van der Waals surface area contributed by atoms with Crippen LogP contribution in [0.15, 0.2) is 60.7 Å². The third-order valence-corrected chi connectivity index (χ3v) is 4.94. The van der Waals surface area contributed by atoms with Crippen LogP contribution in [0.2, 0.25) is 10.0 Å². The zero-order valence-corrected chi connectivity index (χ0v) is 17.9. The number of hydrogen-bond donors (Lipinski definition) is 1. The number of benzene rings is 3. The molecule has 0 bridgehead atoms. The fourth-order valence-corrected chi connectivity index (χ4v) is 3.28. The third kappa shape index (κ3) is 5.72. The Morgan fingerprint density at radius 3 is 2.34 bits per heavy atom. The molecule has 4 nitrogen and oxygen atoms in total. The monoisotopic (exact) mass is 431 g/mol. The second-order valence-corrected chi connectivity index (χ2v) is 7.11. The molecule has 0 saturated heterocycles. The molecule has 0 amide bonds. The molecular formula is C23H23Cl2NO3. The van der Waals surface area contributed by atoms with E-state index in [9.17, 15) is 0 Å². The zero-order valence-electron chi connectivity index (χ0n) is 16.4. The zero-order chi connectivity index (χ0) is 20.6. The molecule has 0 spiro atoms. The number of rotatable bonds is 9. The van der Waals surface area contributed by atoms with Crippen LogP contribution in [0.25, 0.3) is 0 Å². The molecule has 3 rings (SSSR count). The van der Waals surface area contributed by atoms with Crippen molar-refractivity contribution >= 4 is 28.9 Å². The van der Waals surface area contributed by atoms with E-state index in [0.29, 0.717) is 41.3 Å². The topological polar surface area (TPSA) is 39.7 Å². The predicted molar refractivity (Wildman–Crippen MR) is 119 cm³/mol. The summed E-state index contributed by atoms with van der Waals surface area (Å²) in [6, 6.07) is 19.1. The molecule has 6 heteroatoms. The van der Waals surface area contributed by atoms with Crippen LogP contribution in [-0.4, -0.2) is 13.7 Å². The molecule has 1 N–H and O–H groups in total. The van der Waals surface area contributed by atoms with Gasteiger partial charge in [0.05, 0.1) is 18.7 Å². The Morgan fingerprint density at radius 1 is 0.897 bits per heavy atom. The second-order valence-electron chi connectivity index (χ2n) is 6.30. The van der Waals surface area contributed by atoms with E-state index in [-0.39, 0.29) is 0 Å². The lowest BCUT2D eigenvalue weighted by Crippen LogP contribution is -2.04. The average molecular weight is 432 g/mol. The van der Waals surface area contributed by atoms with Crippen LogP contribution in [0.4, 0.5) is 5.69 Å². The maximum Gasteiger partial charge on any atom is 0.180 e. The highest BCUT2D eigenvalue weighted by Crippen LogP contribution is 2.37. The molecule has 0 atom stereocenters. The highest BCUT2D eigenvalue weighted by Gasteiger charge is 2.14. The Labute approximate surface area is 181 Å². The Bertz CT molecular complexity index is 945. The van der Waals surface area contributed by atoms with Gasteiger partial charge in [-0.1, -0.05) is 41.4 Å². The molecule has 0 aromatic heterocycles. The van der Waals surface area contributed by atoms with Gasteiger partial charge in [-0.25, -0.2) is 0 Å². The summed E-state index contributed by atoms with van der Waals surface area (Å²) >= 11 is 12.7. The molecule has 0 unspecified atom stereocenters. The minimum Gasteiger partial charge on any atom is -0.497 e. The summed E-state index contributed by atoms with van der Waals surface area (Å²) in [4.78, 5) is 0. The fraction of sp³-hybridized carbons (Fsp3) is 0.217. The number of halogens is 2. The molecule has 0 aliphatic rings. The van der Waals surface area contributed by atoms with Crippen LogP contribution in [0.5, 0.6) is 17.2 Å². The first-order chi connectivity index (χ1) is 14.1. The largest absolute Gasteiger partial charge is 0.497 e. The van der Waals surface area contributed by atoms with Crippen LogP contribution in [0, 0.1) is 0 Å². The molecule has 0 radical (unpaired) electrons. The third-order valence-electron chi connectivity index (χ3n) is 4.29. The summed E-state index contributed by atoms with van der Waals surface area (Å²) in [5, 5.41) is 4.52. The Kier molecular flexibility index (Phi) is 7.50. The summed E-state index contributed by atoms with van der Waals surface area (Å²) in [5.74, 6) is 1.94. The fourth-order valence-electron chi connectivity index (χ4n) is 2.80. The number of ether oxygens (including phenoxy) is 3. The predicted octanol–water partition coefficient (Wildman–Crippen LogP) is 6.59. The van der Waals surface area contributed by atoms with Crippen LogP contribution in [0.1, 0.15) is 18.1 Å². The number of methoxy groups -OCH3 is 1. The van der Waals surface area contributed by atoms with Crippen molar-refractivity contribution in [1.29, 1.82) is 0 Å². The molecule has 3 aromatic carbocycles. The van der Waals surface area contributed by atoms with Gasteiger partial charge in [0, 0.05) is 22.8 Å². The molecule has 0 fully saturated rings.